The summed E-state index contributed by atoms with van der Waals surface area (Å²) in [5.74, 6) is 6.29. The van der Waals surface area contributed by atoms with E-state index in [0.717, 1.165) is 5.56 Å². The topological polar surface area (TPSA) is 38.3 Å². The summed E-state index contributed by atoms with van der Waals surface area (Å²) in [7, 11) is 0. The molecule has 1 aromatic rings. The maximum absolute atomic E-state index is 11.5. The minimum atomic E-state index is -0.466. The molecule has 0 radical (unpaired) electrons. The van der Waals surface area contributed by atoms with E-state index in [-0.39, 0.29) is 0 Å². The van der Waals surface area contributed by atoms with E-state index >= 15 is 0 Å². The van der Waals surface area contributed by atoms with Gasteiger partial charge in [0.2, 0.25) is 0 Å². The maximum atomic E-state index is 11.5. The quantitative estimate of drug-likeness (QED) is 0.662. The zero-order valence-electron chi connectivity index (χ0n) is 13.9. The number of ether oxygens (including phenoxy) is 1. The van der Waals surface area contributed by atoms with Crippen LogP contribution >= 0.6 is 0 Å². The molecule has 0 aliphatic carbocycles. The Morgan fingerprint density at radius 2 is 1.76 bits per heavy atom. The van der Waals surface area contributed by atoms with Crippen molar-refractivity contribution in [3.63, 3.8) is 0 Å². The largest absolute Gasteiger partial charge is 0.444 e. The minimum absolute atomic E-state index is 0.396. The second kappa shape index (κ2) is 7.17. The Hall–Kier alpha value is -1.95. The monoisotopic (exact) mass is 287 g/mol. The summed E-state index contributed by atoms with van der Waals surface area (Å²) in [6, 6.07) is 4.27. The van der Waals surface area contributed by atoms with Crippen molar-refractivity contribution in [1.82, 2.24) is 5.32 Å². The number of benzene rings is 1. The highest BCUT2D eigenvalue weighted by Gasteiger charge is 2.15. The van der Waals surface area contributed by atoms with Crippen LogP contribution in [0.25, 0.3) is 0 Å². The molecule has 1 N–H and O–H groups in total. The van der Waals surface area contributed by atoms with Gasteiger partial charge in [-0.25, -0.2) is 4.79 Å². The Kier molecular flexibility index (Phi) is 5.84. The zero-order chi connectivity index (χ0) is 16.0. The first kappa shape index (κ1) is 17.1. The molecule has 21 heavy (non-hydrogen) atoms. The fourth-order valence-electron chi connectivity index (χ4n) is 2.07. The van der Waals surface area contributed by atoms with Crippen molar-refractivity contribution in [3.05, 3.63) is 34.4 Å². The number of hydrogen-bond acceptors (Lipinski definition) is 2. The number of hydrogen-bond donors (Lipinski definition) is 1. The smallest absolute Gasteiger partial charge is 0.407 e. The molecule has 0 unspecified atom stereocenters. The summed E-state index contributed by atoms with van der Waals surface area (Å²) in [5, 5.41) is 2.70. The molecule has 0 saturated carbocycles. The number of alkyl carbamates (subject to hydrolysis) is 1. The average molecular weight is 287 g/mol. The highest BCUT2D eigenvalue weighted by atomic mass is 16.6. The molecule has 3 nitrogen and oxygen atoms in total. The van der Waals surface area contributed by atoms with E-state index in [0.29, 0.717) is 13.0 Å². The molecule has 0 fully saturated rings. The summed E-state index contributed by atoms with van der Waals surface area (Å²) in [4.78, 5) is 11.5. The van der Waals surface area contributed by atoms with Gasteiger partial charge in [0.1, 0.15) is 5.60 Å². The molecule has 0 spiro atoms. The van der Waals surface area contributed by atoms with E-state index in [2.05, 4.69) is 50.1 Å². The number of carbonyl (C=O) groups excluding carboxylic acids is 1. The molecule has 0 aromatic heterocycles. The Balaban J connectivity index is 2.50. The molecular weight excluding hydrogens is 262 g/mol. The van der Waals surface area contributed by atoms with Gasteiger partial charge in [0, 0.05) is 18.5 Å². The summed E-state index contributed by atoms with van der Waals surface area (Å²) in [6.45, 7) is 12.2. The average Bonchev–Trinajstić information content (AvgIpc) is 2.29. The van der Waals surface area contributed by atoms with E-state index in [1.807, 2.05) is 20.8 Å². The van der Waals surface area contributed by atoms with Gasteiger partial charge in [-0.3, -0.25) is 0 Å². The zero-order valence-corrected chi connectivity index (χ0v) is 13.9. The lowest BCUT2D eigenvalue weighted by Gasteiger charge is -2.19. The van der Waals surface area contributed by atoms with Gasteiger partial charge >= 0.3 is 6.09 Å². The van der Waals surface area contributed by atoms with Gasteiger partial charge in [0.15, 0.2) is 0 Å². The van der Waals surface area contributed by atoms with E-state index in [1.165, 1.54) is 16.7 Å². The Labute approximate surface area is 128 Å². The van der Waals surface area contributed by atoms with Crippen LogP contribution < -0.4 is 5.32 Å². The van der Waals surface area contributed by atoms with Crippen LogP contribution in [0.1, 0.15) is 49.4 Å². The highest BCUT2D eigenvalue weighted by molar-refractivity contribution is 5.67. The predicted molar refractivity (Wildman–Crippen MR) is 86.4 cm³/mol. The Bertz CT molecular complexity index is 548. The van der Waals surface area contributed by atoms with Crippen LogP contribution in [0, 0.1) is 32.6 Å². The van der Waals surface area contributed by atoms with Crippen molar-refractivity contribution < 1.29 is 9.53 Å². The molecule has 1 aromatic carbocycles. The maximum Gasteiger partial charge on any atom is 0.407 e. The fraction of sp³-hybridized carbons (Fsp3) is 0.500. The predicted octanol–water partition coefficient (Wildman–Crippen LogP) is 3.88. The molecule has 0 aliphatic heterocycles. The molecule has 1 rings (SSSR count). The third-order valence-electron chi connectivity index (χ3n) is 2.81. The lowest BCUT2D eigenvalue weighted by Crippen LogP contribution is -2.32. The lowest BCUT2D eigenvalue weighted by molar-refractivity contribution is 0.0529. The van der Waals surface area contributed by atoms with E-state index < -0.39 is 11.7 Å². The van der Waals surface area contributed by atoms with Gasteiger partial charge in [-0.05, 0) is 52.7 Å². The van der Waals surface area contributed by atoms with Gasteiger partial charge < -0.3 is 10.1 Å². The number of carbonyl (C=O) groups is 1. The van der Waals surface area contributed by atoms with Crippen molar-refractivity contribution in [2.24, 2.45) is 0 Å². The minimum Gasteiger partial charge on any atom is -0.444 e. The van der Waals surface area contributed by atoms with Crippen molar-refractivity contribution in [2.75, 3.05) is 6.54 Å². The first-order chi connectivity index (χ1) is 9.69. The summed E-state index contributed by atoms with van der Waals surface area (Å²) >= 11 is 0. The molecule has 0 saturated heterocycles. The molecule has 0 atom stereocenters. The second-order valence-electron chi connectivity index (χ2n) is 6.25. The van der Waals surface area contributed by atoms with Crippen molar-refractivity contribution in [1.29, 1.82) is 0 Å². The van der Waals surface area contributed by atoms with Gasteiger partial charge in [0.05, 0.1) is 0 Å². The number of aryl methyl sites for hydroxylation is 3. The third kappa shape index (κ3) is 6.35. The Morgan fingerprint density at radius 3 is 2.29 bits per heavy atom. The number of amides is 1. The van der Waals surface area contributed by atoms with Crippen LogP contribution in [0.5, 0.6) is 0 Å². The molecule has 0 aliphatic rings. The van der Waals surface area contributed by atoms with Crippen LogP contribution in [0.3, 0.4) is 0 Å². The highest BCUT2D eigenvalue weighted by Crippen LogP contribution is 2.14. The van der Waals surface area contributed by atoms with Crippen molar-refractivity contribution >= 4 is 6.09 Å². The molecule has 0 heterocycles. The van der Waals surface area contributed by atoms with Crippen molar-refractivity contribution in [3.8, 4) is 11.8 Å². The second-order valence-corrected chi connectivity index (χ2v) is 6.25. The lowest BCUT2D eigenvalue weighted by atomic mass is 10.0. The third-order valence-corrected chi connectivity index (χ3v) is 2.81. The number of nitrogens with one attached hydrogen (secondary N) is 1. The van der Waals surface area contributed by atoms with E-state index in [1.54, 1.807) is 0 Å². The van der Waals surface area contributed by atoms with Gasteiger partial charge in [-0.2, -0.15) is 0 Å². The van der Waals surface area contributed by atoms with Crippen LogP contribution in [-0.2, 0) is 4.74 Å². The molecular formula is C18H25NO2. The fourth-order valence-corrected chi connectivity index (χ4v) is 2.07. The number of rotatable bonds is 2. The molecule has 3 heteroatoms. The van der Waals surface area contributed by atoms with Crippen LogP contribution in [0.2, 0.25) is 0 Å². The first-order valence-electron chi connectivity index (χ1n) is 7.22. The van der Waals surface area contributed by atoms with Gasteiger partial charge in [-0.1, -0.05) is 29.5 Å². The normalized spacial score (nSPS) is 10.6. The SMILES string of the molecule is Cc1cc(C)c(C#CCCNC(=O)OC(C)(C)C)c(C)c1. The van der Waals surface area contributed by atoms with Crippen molar-refractivity contribution in [2.45, 2.75) is 53.6 Å². The summed E-state index contributed by atoms with van der Waals surface area (Å²) in [6.07, 6.45) is 0.207. The summed E-state index contributed by atoms with van der Waals surface area (Å²) in [5.41, 5.74) is 4.26. The molecule has 0 bridgehead atoms. The van der Waals surface area contributed by atoms with Gasteiger partial charge in [0.25, 0.3) is 0 Å². The Morgan fingerprint density at radius 1 is 1.19 bits per heavy atom. The first-order valence-corrected chi connectivity index (χ1v) is 7.22. The molecule has 114 valence electrons. The molecule has 1 amide bonds. The standard InChI is InChI=1S/C18H25NO2/c1-13-11-14(2)16(15(3)12-13)9-7-8-10-19-17(20)21-18(4,5)6/h11-12H,8,10H2,1-6H3,(H,19,20). The van der Waals surface area contributed by atoms with Crippen LogP contribution in [-0.4, -0.2) is 18.2 Å². The van der Waals surface area contributed by atoms with E-state index in [4.69, 9.17) is 4.74 Å². The van der Waals surface area contributed by atoms with Crippen LogP contribution in [0.4, 0.5) is 4.79 Å². The summed E-state index contributed by atoms with van der Waals surface area (Å²) < 4.78 is 5.16. The van der Waals surface area contributed by atoms with Crippen LogP contribution in [0.15, 0.2) is 12.1 Å². The van der Waals surface area contributed by atoms with Gasteiger partial charge in [-0.15, -0.1) is 0 Å². The van der Waals surface area contributed by atoms with E-state index in [9.17, 15) is 4.79 Å².